The number of hydrogen-bond acceptors (Lipinski definition) is 12. The molecule has 1 saturated heterocycles. The number of anilines is 2. The van der Waals surface area contributed by atoms with Crippen LogP contribution in [0.15, 0.2) is 24.4 Å². The third kappa shape index (κ3) is 10.0. The number of ether oxygens (including phenoxy) is 2. The van der Waals surface area contributed by atoms with Crippen molar-refractivity contribution in [3.63, 3.8) is 0 Å². The number of carbonyl (C=O) groups is 4. The Bertz CT molecular complexity index is 1260. The zero-order chi connectivity index (χ0) is 33.0. The van der Waals surface area contributed by atoms with Gasteiger partial charge in [-0.15, -0.1) is 0 Å². The Labute approximate surface area is 255 Å². The first kappa shape index (κ1) is 36.7. The van der Waals surface area contributed by atoms with Crippen molar-refractivity contribution < 1.29 is 57.7 Å². The van der Waals surface area contributed by atoms with Crippen molar-refractivity contribution in [3.05, 3.63) is 41.5 Å². The van der Waals surface area contributed by atoms with Crippen LogP contribution >= 0.6 is 16.8 Å². The summed E-state index contributed by atoms with van der Waals surface area (Å²) in [5.41, 5.74) is 2.84. The Balaban J connectivity index is 0.00000104. The van der Waals surface area contributed by atoms with Crippen LogP contribution < -0.4 is 9.80 Å². The number of cyclic esters (lactones) is 1. The molecule has 0 saturated carbocycles. The van der Waals surface area contributed by atoms with Gasteiger partial charge in [-0.05, 0) is 38.0 Å². The van der Waals surface area contributed by atoms with Crippen molar-refractivity contribution in [2.24, 2.45) is 7.05 Å². The standard InChI is InChI=1S/C22H30FN5O8P2.C2H4O.CH2O2/c1-25(21(29)35-7-3-4-20(37(31)32)38(33)34)11-16-12-28(22(30)36-16)15-5-6-18(17(23)8-15)27-10-14-9-24-26(2)19(14)13-27;1-2-3;2-1-3/h5-6,8-9,16,20,31-34H,3-4,7,10-13H2,1-2H3;2H,1H3;1H,(H,2,3). The van der Waals surface area contributed by atoms with E-state index >= 15 is 4.39 Å². The van der Waals surface area contributed by atoms with E-state index in [1.54, 1.807) is 23.0 Å². The number of carbonyl (C=O) groups excluding carboxylic acids is 3. The highest BCUT2D eigenvalue weighted by Crippen LogP contribution is 2.51. The Morgan fingerprint density at radius 1 is 1.25 bits per heavy atom. The number of aryl methyl sites for hydroxylation is 1. The van der Waals surface area contributed by atoms with Crippen LogP contribution in [-0.4, -0.2) is 103 Å². The number of carboxylic acid groups (broad SMARTS) is 1. The van der Waals surface area contributed by atoms with Gasteiger partial charge in [0.2, 0.25) is 0 Å². The second kappa shape index (κ2) is 17.7. The van der Waals surface area contributed by atoms with Gasteiger partial charge in [0, 0.05) is 26.2 Å². The van der Waals surface area contributed by atoms with Gasteiger partial charge in [0.15, 0.2) is 16.8 Å². The highest BCUT2D eigenvalue weighted by molar-refractivity contribution is 7.64. The minimum absolute atomic E-state index is 0.0432. The number of benzene rings is 1. The van der Waals surface area contributed by atoms with Crippen LogP contribution in [0.5, 0.6) is 0 Å². The fourth-order valence-electron chi connectivity index (χ4n) is 4.44. The quantitative estimate of drug-likeness (QED) is 0.140. The fraction of sp³-hybridized carbons (Fsp3) is 0.480. The van der Waals surface area contributed by atoms with Crippen molar-refractivity contribution in [3.8, 4) is 0 Å². The molecule has 3 heterocycles. The highest BCUT2D eigenvalue weighted by Gasteiger charge is 2.35. The largest absolute Gasteiger partial charge is 0.483 e. The molecule has 44 heavy (non-hydrogen) atoms. The SMILES string of the molecule is CC=O.CN(CC1CN(c2ccc(N3Cc4cnn(C)c4C3)c(F)c2)C(=O)O1)C(=O)OCCCC(P(O)O)P(O)O.O=CO. The van der Waals surface area contributed by atoms with E-state index in [0.717, 1.165) is 17.5 Å². The van der Waals surface area contributed by atoms with Gasteiger partial charge in [0.1, 0.15) is 18.2 Å². The maximum atomic E-state index is 15.0. The summed E-state index contributed by atoms with van der Waals surface area (Å²) in [6.07, 6.45) is 0.810. The molecule has 244 valence electrons. The molecule has 2 aliphatic rings. The summed E-state index contributed by atoms with van der Waals surface area (Å²) in [6, 6.07) is 4.58. The minimum atomic E-state index is -2.50. The number of amides is 2. The van der Waals surface area contributed by atoms with Crippen LogP contribution in [0.3, 0.4) is 0 Å². The summed E-state index contributed by atoms with van der Waals surface area (Å²) >= 11 is 0. The topological polar surface area (TPSA) is 215 Å². The minimum Gasteiger partial charge on any atom is -0.483 e. The van der Waals surface area contributed by atoms with Crippen LogP contribution in [0, 0.1) is 5.82 Å². The van der Waals surface area contributed by atoms with E-state index in [0.29, 0.717) is 24.5 Å². The smallest absolute Gasteiger partial charge is 0.414 e. The molecule has 0 spiro atoms. The maximum absolute atomic E-state index is 15.0. The van der Waals surface area contributed by atoms with Gasteiger partial charge < -0.3 is 48.7 Å². The van der Waals surface area contributed by atoms with Gasteiger partial charge in [-0.1, -0.05) is 0 Å². The second-order valence-corrected chi connectivity index (χ2v) is 12.4. The molecule has 16 nitrogen and oxygen atoms in total. The number of fused-ring (bicyclic) bond motifs is 1. The van der Waals surface area contributed by atoms with E-state index in [4.69, 9.17) is 24.2 Å². The van der Waals surface area contributed by atoms with Gasteiger partial charge in [0.25, 0.3) is 6.47 Å². The lowest BCUT2D eigenvalue weighted by Gasteiger charge is -2.21. The van der Waals surface area contributed by atoms with Crippen molar-refractivity contribution in [1.82, 2.24) is 14.7 Å². The van der Waals surface area contributed by atoms with Crippen LogP contribution in [0.1, 0.15) is 31.0 Å². The van der Waals surface area contributed by atoms with Crippen LogP contribution in [0.2, 0.25) is 0 Å². The third-order valence-corrected chi connectivity index (χ3v) is 9.28. The maximum Gasteiger partial charge on any atom is 0.414 e. The Morgan fingerprint density at radius 3 is 2.45 bits per heavy atom. The monoisotopic (exact) mass is 663 g/mol. The molecule has 1 unspecified atom stereocenters. The van der Waals surface area contributed by atoms with Gasteiger partial charge in [0.05, 0.1) is 54.9 Å². The van der Waals surface area contributed by atoms with Crippen molar-refractivity contribution >= 4 is 53.1 Å². The van der Waals surface area contributed by atoms with E-state index in [-0.39, 0.29) is 39.0 Å². The lowest BCUT2D eigenvalue weighted by Crippen LogP contribution is -2.36. The Morgan fingerprint density at radius 2 is 1.89 bits per heavy atom. The third-order valence-electron chi connectivity index (χ3n) is 6.46. The zero-order valence-electron chi connectivity index (χ0n) is 24.3. The molecule has 2 aliphatic heterocycles. The van der Waals surface area contributed by atoms with Crippen molar-refractivity contribution in [2.75, 3.05) is 36.5 Å². The molecule has 0 bridgehead atoms. The summed E-state index contributed by atoms with van der Waals surface area (Å²) in [4.78, 5) is 83.2. The summed E-state index contributed by atoms with van der Waals surface area (Å²) in [7, 11) is -1.69. The van der Waals surface area contributed by atoms with Gasteiger partial charge in [-0.3, -0.25) is 14.4 Å². The summed E-state index contributed by atoms with van der Waals surface area (Å²) in [5, 5.41) is 10.0. The van der Waals surface area contributed by atoms with Crippen LogP contribution in [-0.2, 0) is 39.2 Å². The van der Waals surface area contributed by atoms with Crippen molar-refractivity contribution in [2.45, 2.75) is 44.4 Å². The number of aromatic nitrogens is 2. The fourth-order valence-corrected chi connectivity index (χ4v) is 6.01. The molecule has 1 aromatic carbocycles. The average molecular weight is 664 g/mol. The molecule has 0 radical (unpaired) electrons. The Hall–Kier alpha value is -3.46. The van der Waals surface area contributed by atoms with Gasteiger partial charge >= 0.3 is 12.2 Å². The van der Waals surface area contributed by atoms with E-state index in [1.807, 2.05) is 11.9 Å². The molecular formula is C25H36FN5O11P2. The zero-order valence-corrected chi connectivity index (χ0v) is 26.1. The molecule has 19 heteroatoms. The highest BCUT2D eigenvalue weighted by atomic mass is 31.2. The number of rotatable bonds is 10. The number of nitrogens with zero attached hydrogens (tertiary/aromatic N) is 5. The van der Waals surface area contributed by atoms with Crippen molar-refractivity contribution in [1.29, 1.82) is 0 Å². The lowest BCUT2D eigenvalue weighted by atomic mass is 10.2. The van der Waals surface area contributed by atoms with Crippen LogP contribution in [0.4, 0.5) is 25.4 Å². The summed E-state index contributed by atoms with van der Waals surface area (Å²) < 4.78 is 27.3. The number of aldehydes is 1. The number of hydrogen-bond donors (Lipinski definition) is 5. The van der Waals surface area contributed by atoms with Gasteiger partial charge in [-0.2, -0.15) is 5.10 Å². The van der Waals surface area contributed by atoms with E-state index in [1.165, 1.54) is 29.8 Å². The average Bonchev–Trinajstić information content (AvgIpc) is 3.64. The van der Waals surface area contributed by atoms with E-state index in [2.05, 4.69) is 5.10 Å². The molecule has 0 aliphatic carbocycles. The predicted octanol–water partition coefficient (Wildman–Crippen LogP) is 2.08. The molecular weight excluding hydrogens is 627 g/mol. The number of likely N-dealkylation sites (N-methyl/N-ethyl adjacent to an activating group) is 1. The normalized spacial score (nSPS) is 15.3. The first-order valence-corrected chi connectivity index (χ1v) is 15.7. The predicted molar refractivity (Wildman–Crippen MR) is 157 cm³/mol. The second-order valence-electron chi connectivity index (χ2n) is 9.45. The van der Waals surface area contributed by atoms with E-state index in [9.17, 15) is 29.2 Å². The molecule has 2 amide bonds. The first-order valence-electron chi connectivity index (χ1n) is 13.1. The molecule has 1 fully saturated rings. The first-order chi connectivity index (χ1) is 20.9. The van der Waals surface area contributed by atoms with Gasteiger partial charge in [-0.25, -0.2) is 14.0 Å². The molecule has 5 N–H and O–H groups in total. The summed E-state index contributed by atoms with van der Waals surface area (Å²) in [5.74, 6) is -0.465. The molecule has 1 aromatic heterocycles. The molecule has 4 rings (SSSR count). The Kier molecular flexibility index (Phi) is 14.8. The van der Waals surface area contributed by atoms with Crippen LogP contribution in [0.25, 0.3) is 0 Å². The van der Waals surface area contributed by atoms with E-state index < -0.39 is 46.3 Å². The molecule has 1 atom stereocenters. The molecule has 2 aromatic rings. The number of halogens is 1. The lowest BCUT2D eigenvalue weighted by molar-refractivity contribution is -0.122. The summed E-state index contributed by atoms with van der Waals surface area (Å²) in [6.45, 7) is 2.37.